The molecule has 3 aromatic heterocycles. The number of nitrogens with zero attached hydrogens (tertiary/aromatic N) is 2. The molecule has 0 bridgehead atoms. The largest absolute Gasteiger partial charge is 0.464 e. The molecule has 0 radical (unpaired) electrons. The number of fused-ring (bicyclic) bond motifs is 1. The minimum Gasteiger partial charge on any atom is -0.464 e. The van der Waals surface area contributed by atoms with E-state index >= 15 is 0 Å². The Morgan fingerprint density at radius 2 is 2.04 bits per heavy atom. The van der Waals surface area contributed by atoms with Crippen molar-refractivity contribution < 1.29 is 12.8 Å². The summed E-state index contributed by atoms with van der Waals surface area (Å²) < 4.78 is 31.8. The van der Waals surface area contributed by atoms with Gasteiger partial charge in [-0.15, -0.1) is 0 Å². The van der Waals surface area contributed by atoms with Crippen molar-refractivity contribution >= 4 is 32.6 Å². The summed E-state index contributed by atoms with van der Waals surface area (Å²) in [7, 11) is -2.16. The van der Waals surface area contributed by atoms with Gasteiger partial charge in [-0.2, -0.15) is 0 Å². The first kappa shape index (κ1) is 16.3. The summed E-state index contributed by atoms with van der Waals surface area (Å²) in [4.78, 5) is 11.8. The lowest BCUT2D eigenvalue weighted by Crippen LogP contribution is -2.18. The first-order valence-electron chi connectivity index (χ1n) is 7.75. The topological polar surface area (TPSA) is 113 Å². The number of benzene rings is 1. The normalized spacial score (nSPS) is 11.7. The lowest BCUT2D eigenvalue weighted by Gasteiger charge is -2.09. The molecule has 0 atom stereocenters. The molecule has 8 nitrogen and oxygen atoms in total. The molecule has 0 aliphatic rings. The molecule has 132 valence electrons. The van der Waals surface area contributed by atoms with Gasteiger partial charge in [0.05, 0.1) is 16.5 Å². The summed E-state index contributed by atoms with van der Waals surface area (Å²) in [6.45, 7) is 0. The van der Waals surface area contributed by atoms with E-state index in [4.69, 9.17) is 4.42 Å². The monoisotopic (exact) mass is 369 g/mol. The van der Waals surface area contributed by atoms with Gasteiger partial charge in [0.15, 0.2) is 0 Å². The van der Waals surface area contributed by atoms with E-state index in [9.17, 15) is 8.42 Å². The Morgan fingerprint density at radius 3 is 2.81 bits per heavy atom. The van der Waals surface area contributed by atoms with Crippen LogP contribution in [-0.4, -0.2) is 30.4 Å². The van der Waals surface area contributed by atoms with Crippen molar-refractivity contribution in [2.75, 3.05) is 12.4 Å². The SMILES string of the molecule is CNS(=O)(=O)c1cccc(Nc2ncnc3[nH]cc(-c4ccco4)c23)c1. The summed E-state index contributed by atoms with van der Waals surface area (Å²) in [5.74, 6) is 1.22. The number of hydrogen-bond donors (Lipinski definition) is 3. The first-order valence-corrected chi connectivity index (χ1v) is 9.23. The Morgan fingerprint density at radius 1 is 1.15 bits per heavy atom. The third-order valence-corrected chi connectivity index (χ3v) is 5.34. The van der Waals surface area contributed by atoms with E-state index < -0.39 is 10.0 Å². The number of anilines is 2. The van der Waals surface area contributed by atoms with Crippen LogP contribution in [0.15, 0.2) is 64.5 Å². The molecule has 1 aromatic carbocycles. The second-order valence-corrected chi connectivity index (χ2v) is 7.37. The highest BCUT2D eigenvalue weighted by molar-refractivity contribution is 7.89. The molecule has 26 heavy (non-hydrogen) atoms. The van der Waals surface area contributed by atoms with E-state index in [0.29, 0.717) is 22.9 Å². The van der Waals surface area contributed by atoms with Crippen molar-refractivity contribution in [1.82, 2.24) is 19.7 Å². The van der Waals surface area contributed by atoms with Crippen LogP contribution >= 0.6 is 0 Å². The van der Waals surface area contributed by atoms with Gasteiger partial charge in [0.25, 0.3) is 0 Å². The number of aromatic amines is 1. The predicted octanol–water partition coefficient (Wildman–Crippen LogP) is 2.87. The Balaban J connectivity index is 1.79. The number of aromatic nitrogens is 3. The molecule has 0 saturated carbocycles. The van der Waals surface area contributed by atoms with E-state index in [1.807, 2.05) is 6.07 Å². The standard InChI is InChI=1S/C17H15N5O3S/c1-18-26(23,24)12-5-2-4-11(8-12)22-17-15-13(14-6-3-7-25-14)9-19-16(15)20-10-21-17/h2-10,18H,1H3,(H2,19,20,21,22). The molecular formula is C17H15N5O3S. The van der Waals surface area contributed by atoms with E-state index in [-0.39, 0.29) is 4.90 Å². The van der Waals surface area contributed by atoms with Crippen molar-refractivity contribution in [2.45, 2.75) is 4.90 Å². The summed E-state index contributed by atoms with van der Waals surface area (Å²) >= 11 is 0. The molecule has 0 aliphatic carbocycles. The fourth-order valence-corrected chi connectivity index (χ4v) is 3.45. The maximum atomic E-state index is 12.0. The van der Waals surface area contributed by atoms with Crippen LogP contribution in [0, 0.1) is 0 Å². The Labute approximate surface area is 149 Å². The van der Waals surface area contributed by atoms with Crippen LogP contribution in [0.2, 0.25) is 0 Å². The molecular weight excluding hydrogens is 354 g/mol. The van der Waals surface area contributed by atoms with Crippen LogP contribution in [0.1, 0.15) is 0 Å². The van der Waals surface area contributed by atoms with Crippen molar-refractivity contribution in [3.8, 4) is 11.3 Å². The van der Waals surface area contributed by atoms with Gasteiger partial charge in [-0.25, -0.2) is 23.1 Å². The van der Waals surface area contributed by atoms with Crippen LogP contribution in [0.4, 0.5) is 11.5 Å². The van der Waals surface area contributed by atoms with Gasteiger partial charge in [0.2, 0.25) is 10.0 Å². The molecule has 0 spiro atoms. The van der Waals surface area contributed by atoms with Gasteiger partial charge in [-0.1, -0.05) is 6.07 Å². The molecule has 0 fully saturated rings. The number of hydrogen-bond acceptors (Lipinski definition) is 6. The van der Waals surface area contributed by atoms with Crippen molar-refractivity contribution in [2.24, 2.45) is 0 Å². The fraction of sp³-hybridized carbons (Fsp3) is 0.0588. The van der Waals surface area contributed by atoms with Crippen LogP contribution in [0.3, 0.4) is 0 Å². The highest BCUT2D eigenvalue weighted by Gasteiger charge is 2.16. The molecule has 3 heterocycles. The maximum absolute atomic E-state index is 12.0. The number of sulfonamides is 1. The minimum atomic E-state index is -3.53. The zero-order valence-corrected chi connectivity index (χ0v) is 14.5. The maximum Gasteiger partial charge on any atom is 0.240 e. The molecule has 4 rings (SSSR count). The van der Waals surface area contributed by atoms with Crippen molar-refractivity contribution in [3.05, 3.63) is 55.2 Å². The Bertz CT molecular complexity index is 1170. The average Bonchev–Trinajstić information content (AvgIpc) is 3.31. The molecule has 0 unspecified atom stereocenters. The number of furan rings is 1. The molecule has 3 N–H and O–H groups in total. The summed E-state index contributed by atoms with van der Waals surface area (Å²) in [6, 6.07) is 10.1. The lowest BCUT2D eigenvalue weighted by atomic mass is 10.2. The second-order valence-electron chi connectivity index (χ2n) is 5.49. The first-order chi connectivity index (χ1) is 12.6. The smallest absolute Gasteiger partial charge is 0.240 e. The summed E-state index contributed by atoms with van der Waals surface area (Å²) in [5.41, 5.74) is 2.05. The fourth-order valence-electron chi connectivity index (χ4n) is 2.68. The van der Waals surface area contributed by atoms with Crippen molar-refractivity contribution in [1.29, 1.82) is 0 Å². The molecule has 9 heteroatoms. The molecule has 4 aromatic rings. The third kappa shape index (κ3) is 2.83. The van der Waals surface area contributed by atoms with Crippen LogP contribution in [0.25, 0.3) is 22.4 Å². The van der Waals surface area contributed by atoms with E-state index in [0.717, 1.165) is 10.9 Å². The van der Waals surface area contributed by atoms with Gasteiger partial charge >= 0.3 is 0 Å². The van der Waals surface area contributed by atoms with Gasteiger partial charge in [0.1, 0.15) is 23.6 Å². The number of nitrogens with one attached hydrogen (secondary N) is 3. The number of rotatable bonds is 5. The van der Waals surface area contributed by atoms with Crippen LogP contribution in [-0.2, 0) is 10.0 Å². The van der Waals surface area contributed by atoms with E-state index in [2.05, 4.69) is 25.0 Å². The Hall–Kier alpha value is -3.17. The predicted molar refractivity (Wildman–Crippen MR) is 97.6 cm³/mol. The molecule has 0 aliphatic heterocycles. The lowest BCUT2D eigenvalue weighted by molar-refractivity contribution is 0.583. The van der Waals surface area contributed by atoms with Gasteiger partial charge in [-0.05, 0) is 37.4 Å². The quantitative estimate of drug-likeness (QED) is 0.498. The number of H-pyrrole nitrogens is 1. The van der Waals surface area contributed by atoms with E-state index in [1.165, 1.54) is 19.4 Å². The minimum absolute atomic E-state index is 0.163. The van der Waals surface area contributed by atoms with Gasteiger partial charge < -0.3 is 14.7 Å². The van der Waals surface area contributed by atoms with E-state index in [1.54, 1.807) is 36.7 Å². The summed E-state index contributed by atoms with van der Waals surface area (Å²) in [5, 5.41) is 3.92. The molecule has 0 saturated heterocycles. The van der Waals surface area contributed by atoms with Crippen LogP contribution < -0.4 is 10.0 Å². The van der Waals surface area contributed by atoms with Gasteiger partial charge in [0, 0.05) is 17.4 Å². The average molecular weight is 369 g/mol. The highest BCUT2D eigenvalue weighted by Crippen LogP contribution is 2.33. The Kier molecular flexibility index (Phi) is 3.94. The zero-order chi connectivity index (χ0) is 18.1. The molecule has 0 amide bonds. The van der Waals surface area contributed by atoms with Crippen molar-refractivity contribution in [3.63, 3.8) is 0 Å². The summed E-state index contributed by atoms with van der Waals surface area (Å²) in [6.07, 6.45) is 4.82. The third-order valence-electron chi connectivity index (χ3n) is 3.93. The second kappa shape index (κ2) is 6.28. The van der Waals surface area contributed by atoms with Crippen LogP contribution in [0.5, 0.6) is 0 Å². The van der Waals surface area contributed by atoms with Gasteiger partial charge in [-0.3, -0.25) is 0 Å². The zero-order valence-electron chi connectivity index (χ0n) is 13.7. The highest BCUT2D eigenvalue weighted by atomic mass is 32.2.